The number of aromatic nitrogens is 5. The van der Waals surface area contributed by atoms with E-state index >= 15 is 0 Å². The van der Waals surface area contributed by atoms with Gasteiger partial charge >= 0.3 is 6.18 Å². The van der Waals surface area contributed by atoms with E-state index in [9.17, 15) is 22.8 Å². The number of hydrogen-bond donors (Lipinski definition) is 2. The maximum Gasteiger partial charge on any atom is 0.433 e. The van der Waals surface area contributed by atoms with E-state index in [1.807, 2.05) is 12.1 Å². The predicted octanol–water partition coefficient (Wildman–Crippen LogP) is 5.37. The molecule has 0 saturated carbocycles. The fourth-order valence-corrected chi connectivity index (χ4v) is 5.19. The standard InChI is InChI=1S/C25H19BrF3N7O3S/c1-12-16(10-31-35(12)2)15-9-18(25(27,28)29)32-24-19(15)20(21(40-24)22(30)37)33-23(38)17-7-8-36(34-17)11-39-14-5-3-13(26)4-6-14/h3-10H,11H2,1-2H3,(H2,30,37)(H,33,38). The van der Waals surface area contributed by atoms with Crippen LogP contribution in [0.4, 0.5) is 18.9 Å². The topological polar surface area (TPSA) is 130 Å². The van der Waals surface area contributed by atoms with Crippen LogP contribution in [0.1, 0.15) is 31.5 Å². The third-order valence-electron chi connectivity index (χ3n) is 5.99. The lowest BCUT2D eigenvalue weighted by atomic mass is 10.0. The summed E-state index contributed by atoms with van der Waals surface area (Å²) in [4.78, 5) is 29.0. The summed E-state index contributed by atoms with van der Waals surface area (Å²) in [5.74, 6) is -1.06. The van der Waals surface area contributed by atoms with Crippen molar-refractivity contribution in [2.75, 3.05) is 5.32 Å². The van der Waals surface area contributed by atoms with Gasteiger partial charge < -0.3 is 15.8 Å². The lowest BCUT2D eigenvalue weighted by molar-refractivity contribution is -0.140. The van der Waals surface area contributed by atoms with Crippen LogP contribution in [0, 0.1) is 6.92 Å². The second-order valence-corrected chi connectivity index (χ2v) is 10.5. The second-order valence-electron chi connectivity index (χ2n) is 8.59. The van der Waals surface area contributed by atoms with Crippen molar-refractivity contribution in [3.05, 3.63) is 75.2 Å². The molecule has 40 heavy (non-hydrogen) atoms. The van der Waals surface area contributed by atoms with Gasteiger partial charge in [0.2, 0.25) is 0 Å². The van der Waals surface area contributed by atoms with Crippen molar-refractivity contribution in [2.24, 2.45) is 12.8 Å². The van der Waals surface area contributed by atoms with E-state index in [-0.39, 0.29) is 38.8 Å². The molecule has 0 aliphatic rings. The Kier molecular flexibility index (Phi) is 7.10. The van der Waals surface area contributed by atoms with E-state index in [0.717, 1.165) is 10.5 Å². The van der Waals surface area contributed by atoms with Crippen molar-refractivity contribution in [3.63, 3.8) is 0 Å². The fraction of sp³-hybridized carbons (Fsp3) is 0.160. The highest BCUT2D eigenvalue weighted by molar-refractivity contribution is 9.10. The van der Waals surface area contributed by atoms with Crippen LogP contribution in [0.3, 0.4) is 0 Å². The molecule has 0 bridgehead atoms. The van der Waals surface area contributed by atoms with Gasteiger partial charge in [-0.05, 0) is 48.9 Å². The van der Waals surface area contributed by atoms with E-state index in [1.165, 1.54) is 27.8 Å². The molecule has 5 aromatic rings. The molecule has 10 nitrogen and oxygen atoms in total. The number of ether oxygens (including phenoxy) is 1. The zero-order chi connectivity index (χ0) is 28.8. The monoisotopic (exact) mass is 633 g/mol. The van der Waals surface area contributed by atoms with Gasteiger partial charge in [0.1, 0.15) is 21.2 Å². The van der Waals surface area contributed by atoms with E-state index in [2.05, 4.69) is 36.4 Å². The molecule has 5 rings (SSSR count). The lowest BCUT2D eigenvalue weighted by Gasteiger charge is -2.12. The molecule has 0 spiro atoms. The molecule has 0 aliphatic heterocycles. The summed E-state index contributed by atoms with van der Waals surface area (Å²) in [6, 6.07) is 9.44. The molecule has 4 aromatic heterocycles. The number of hydrogen-bond acceptors (Lipinski definition) is 7. The number of primary amides is 1. The van der Waals surface area contributed by atoms with Crippen molar-refractivity contribution in [2.45, 2.75) is 19.8 Å². The number of fused-ring (bicyclic) bond motifs is 1. The Bertz CT molecular complexity index is 1760. The number of nitrogens with two attached hydrogens (primary N) is 1. The first-order chi connectivity index (χ1) is 18.9. The first-order valence-electron chi connectivity index (χ1n) is 11.5. The molecule has 1 aromatic carbocycles. The summed E-state index contributed by atoms with van der Waals surface area (Å²) in [6.45, 7) is 1.70. The van der Waals surface area contributed by atoms with Gasteiger partial charge in [0, 0.05) is 34.4 Å². The van der Waals surface area contributed by atoms with Crippen LogP contribution in [0.25, 0.3) is 21.3 Å². The molecule has 15 heteroatoms. The first kappa shape index (κ1) is 27.3. The van der Waals surface area contributed by atoms with E-state index in [0.29, 0.717) is 28.3 Å². The number of pyridine rings is 1. The van der Waals surface area contributed by atoms with Crippen LogP contribution in [-0.2, 0) is 20.0 Å². The minimum atomic E-state index is -4.76. The second kappa shape index (κ2) is 10.4. The molecule has 0 radical (unpaired) electrons. The molecule has 0 atom stereocenters. The minimum Gasteiger partial charge on any atom is -0.471 e. The third kappa shape index (κ3) is 5.29. The lowest BCUT2D eigenvalue weighted by Crippen LogP contribution is -2.18. The summed E-state index contributed by atoms with van der Waals surface area (Å²) >= 11 is 4.00. The zero-order valence-corrected chi connectivity index (χ0v) is 23.2. The van der Waals surface area contributed by atoms with Gasteiger partial charge in [0.25, 0.3) is 11.8 Å². The van der Waals surface area contributed by atoms with Crippen LogP contribution in [0.15, 0.2) is 53.3 Å². The van der Waals surface area contributed by atoms with E-state index < -0.39 is 23.7 Å². The number of anilines is 1. The number of carbonyl (C=O) groups is 2. The number of carbonyl (C=O) groups excluding carboxylic acids is 2. The average Bonchev–Trinajstić information content (AvgIpc) is 3.61. The number of halogens is 4. The minimum absolute atomic E-state index is 0.0113. The van der Waals surface area contributed by atoms with Crippen LogP contribution in [0.5, 0.6) is 5.75 Å². The molecular formula is C25H19BrF3N7O3S. The highest BCUT2D eigenvalue weighted by atomic mass is 79.9. The average molecular weight is 634 g/mol. The van der Waals surface area contributed by atoms with Gasteiger partial charge in [-0.1, -0.05) is 15.9 Å². The number of rotatable bonds is 7. The maximum absolute atomic E-state index is 13.7. The van der Waals surface area contributed by atoms with Crippen molar-refractivity contribution < 1.29 is 27.5 Å². The highest BCUT2D eigenvalue weighted by Crippen LogP contribution is 2.44. The Balaban J connectivity index is 1.53. The summed E-state index contributed by atoms with van der Waals surface area (Å²) < 4.78 is 50.7. The fourth-order valence-electron chi connectivity index (χ4n) is 3.92. The van der Waals surface area contributed by atoms with Crippen molar-refractivity contribution in [1.82, 2.24) is 24.5 Å². The van der Waals surface area contributed by atoms with Gasteiger partial charge in [-0.3, -0.25) is 14.3 Å². The number of amides is 2. The number of benzene rings is 1. The smallest absolute Gasteiger partial charge is 0.433 e. The Morgan fingerprint density at radius 3 is 2.52 bits per heavy atom. The van der Waals surface area contributed by atoms with E-state index in [4.69, 9.17) is 10.5 Å². The van der Waals surface area contributed by atoms with Crippen molar-refractivity contribution in [3.8, 4) is 16.9 Å². The van der Waals surface area contributed by atoms with Crippen LogP contribution in [0.2, 0.25) is 0 Å². The summed E-state index contributed by atoms with van der Waals surface area (Å²) in [7, 11) is 1.64. The SMILES string of the molecule is Cc1c(-c2cc(C(F)(F)F)nc3sc(C(N)=O)c(NC(=O)c4ccn(COc5ccc(Br)cc5)n4)c23)cnn1C. The number of nitrogens with one attached hydrogen (secondary N) is 1. The van der Waals surface area contributed by atoms with Crippen molar-refractivity contribution >= 4 is 55.0 Å². The maximum atomic E-state index is 13.7. The summed E-state index contributed by atoms with van der Waals surface area (Å²) in [5, 5.41) is 11.1. The molecule has 0 unspecified atom stereocenters. The number of thiophene rings is 1. The third-order valence-corrected chi connectivity index (χ3v) is 7.62. The largest absolute Gasteiger partial charge is 0.471 e. The predicted molar refractivity (Wildman–Crippen MR) is 145 cm³/mol. The van der Waals surface area contributed by atoms with Crippen LogP contribution >= 0.6 is 27.3 Å². The molecule has 4 heterocycles. The van der Waals surface area contributed by atoms with Gasteiger partial charge in [-0.15, -0.1) is 11.3 Å². The Hall–Kier alpha value is -4.24. The summed E-state index contributed by atoms with van der Waals surface area (Å²) in [6.07, 6.45) is -1.83. The quantitative estimate of drug-likeness (QED) is 0.248. The highest BCUT2D eigenvalue weighted by Gasteiger charge is 2.35. The van der Waals surface area contributed by atoms with Gasteiger partial charge in [0.05, 0.1) is 11.9 Å². The Morgan fingerprint density at radius 2 is 1.90 bits per heavy atom. The molecule has 3 N–H and O–H groups in total. The van der Waals surface area contributed by atoms with Gasteiger partial charge in [-0.2, -0.15) is 23.4 Å². The number of alkyl halides is 3. The number of aryl methyl sites for hydroxylation is 1. The number of nitrogens with zero attached hydrogens (tertiary/aromatic N) is 5. The molecule has 0 saturated heterocycles. The first-order valence-corrected chi connectivity index (χ1v) is 13.1. The zero-order valence-electron chi connectivity index (χ0n) is 20.8. The molecular weight excluding hydrogens is 615 g/mol. The van der Waals surface area contributed by atoms with Crippen LogP contribution in [-0.4, -0.2) is 36.4 Å². The Labute approximate surface area is 236 Å². The molecule has 0 aliphatic carbocycles. The van der Waals surface area contributed by atoms with Gasteiger partial charge in [0.15, 0.2) is 12.4 Å². The molecule has 2 amide bonds. The van der Waals surface area contributed by atoms with Crippen molar-refractivity contribution in [1.29, 1.82) is 0 Å². The van der Waals surface area contributed by atoms with Crippen LogP contribution < -0.4 is 15.8 Å². The Morgan fingerprint density at radius 1 is 1.18 bits per heavy atom. The molecule has 0 fully saturated rings. The summed E-state index contributed by atoms with van der Waals surface area (Å²) in [5.41, 5.74) is 5.36. The normalized spacial score (nSPS) is 11.7. The van der Waals surface area contributed by atoms with E-state index in [1.54, 1.807) is 26.1 Å². The van der Waals surface area contributed by atoms with Gasteiger partial charge in [-0.25, -0.2) is 9.67 Å². The molecule has 206 valence electrons.